The first-order valence-corrected chi connectivity index (χ1v) is 9.80. The molecule has 6 nitrogen and oxygen atoms in total. The molecule has 0 aliphatic heterocycles. The maximum Gasteiger partial charge on any atom is 0.254 e. The van der Waals surface area contributed by atoms with Crippen molar-refractivity contribution in [1.29, 1.82) is 0 Å². The summed E-state index contributed by atoms with van der Waals surface area (Å²) >= 11 is 6.15. The molecule has 2 amide bonds. The summed E-state index contributed by atoms with van der Waals surface area (Å²) in [5, 5.41) is 8.19. The Balaban J connectivity index is 2.34. The van der Waals surface area contributed by atoms with Gasteiger partial charge < -0.3 is 20.7 Å². The van der Waals surface area contributed by atoms with E-state index in [1.807, 2.05) is 13.8 Å². The third-order valence-corrected chi connectivity index (χ3v) is 4.78. The fourth-order valence-corrected chi connectivity index (χ4v) is 3.14. The van der Waals surface area contributed by atoms with E-state index in [9.17, 15) is 14.0 Å². The van der Waals surface area contributed by atoms with Crippen LogP contribution in [0.5, 0.6) is 11.5 Å². The number of hydrogen-bond donors (Lipinski definition) is 3. The Kier molecular flexibility index (Phi) is 8.56. The lowest BCUT2D eigenvalue weighted by Crippen LogP contribution is -2.38. The maximum atomic E-state index is 15.3. The van der Waals surface area contributed by atoms with Gasteiger partial charge >= 0.3 is 0 Å². The fourth-order valence-electron chi connectivity index (χ4n) is 2.96. The van der Waals surface area contributed by atoms with Crippen LogP contribution in [0.25, 0.3) is 0 Å². The first-order chi connectivity index (χ1) is 14.3. The summed E-state index contributed by atoms with van der Waals surface area (Å²) in [5.74, 6) is -2.18. The molecule has 9 heteroatoms. The van der Waals surface area contributed by atoms with Crippen molar-refractivity contribution in [3.05, 3.63) is 58.1 Å². The molecule has 0 unspecified atom stereocenters. The molecular weight excluding hydrogens is 416 g/mol. The van der Waals surface area contributed by atoms with Crippen molar-refractivity contribution in [2.24, 2.45) is 0 Å². The fraction of sp³-hybridized carbons (Fsp3) is 0.333. The number of ether oxygens (including phenoxy) is 1. The van der Waals surface area contributed by atoms with Gasteiger partial charge in [0.15, 0.2) is 11.6 Å². The Morgan fingerprint density at radius 1 is 1.27 bits per heavy atom. The van der Waals surface area contributed by atoms with Crippen molar-refractivity contribution in [1.82, 2.24) is 16.0 Å². The van der Waals surface area contributed by atoms with E-state index in [1.165, 1.54) is 25.2 Å². The number of carbonyl (C=O) groups is 2. The predicted molar refractivity (Wildman–Crippen MR) is 111 cm³/mol. The summed E-state index contributed by atoms with van der Waals surface area (Å²) in [4.78, 5) is 22.3. The van der Waals surface area contributed by atoms with Gasteiger partial charge in [-0.15, -0.1) is 0 Å². The molecule has 0 saturated heterocycles. The summed E-state index contributed by atoms with van der Waals surface area (Å²) in [7, 11) is 1.37. The van der Waals surface area contributed by atoms with Crippen LogP contribution < -0.4 is 20.7 Å². The summed E-state index contributed by atoms with van der Waals surface area (Å²) in [6.07, 6.45) is 1.17. The first kappa shape index (κ1) is 23.6. The van der Waals surface area contributed by atoms with Crippen molar-refractivity contribution >= 4 is 23.9 Å². The second kappa shape index (κ2) is 10.9. The minimum Gasteiger partial charge on any atom is -0.453 e. The number of benzene rings is 2. The molecule has 162 valence electrons. The van der Waals surface area contributed by atoms with E-state index in [1.54, 1.807) is 6.07 Å². The van der Waals surface area contributed by atoms with Gasteiger partial charge in [-0.05, 0) is 37.6 Å². The van der Waals surface area contributed by atoms with Crippen LogP contribution in [0.3, 0.4) is 0 Å². The lowest BCUT2D eigenvalue weighted by Gasteiger charge is -2.24. The standard InChI is InChI=1S/C21H24ClF2N3O3/c1-4-18(27-12(2)10-26-11-28)14-6-7-16(22)20(19(14)24)30-13-5-8-17(23)15(9-13)21(29)25-3/h5-9,11-12,18,27H,4,10H2,1-3H3,(H,25,29)(H,26,28)/t12-,18+/m0/s1. The molecule has 0 aliphatic rings. The van der Waals surface area contributed by atoms with Crippen LogP contribution >= 0.6 is 11.6 Å². The van der Waals surface area contributed by atoms with Gasteiger partial charge in [0.1, 0.15) is 11.6 Å². The van der Waals surface area contributed by atoms with Gasteiger partial charge in [-0.1, -0.05) is 24.6 Å². The average molecular weight is 440 g/mol. The van der Waals surface area contributed by atoms with E-state index in [-0.39, 0.29) is 34.2 Å². The highest BCUT2D eigenvalue weighted by Crippen LogP contribution is 2.37. The zero-order chi connectivity index (χ0) is 22.3. The number of hydrogen-bond acceptors (Lipinski definition) is 4. The molecule has 0 fully saturated rings. The van der Waals surface area contributed by atoms with Crippen molar-refractivity contribution in [2.45, 2.75) is 32.4 Å². The Labute approximate surface area is 178 Å². The number of rotatable bonds is 10. The van der Waals surface area contributed by atoms with Gasteiger partial charge in [0.25, 0.3) is 5.91 Å². The highest BCUT2D eigenvalue weighted by Gasteiger charge is 2.22. The van der Waals surface area contributed by atoms with Crippen LogP contribution in [-0.2, 0) is 4.79 Å². The van der Waals surface area contributed by atoms with E-state index < -0.39 is 17.5 Å². The maximum absolute atomic E-state index is 15.3. The summed E-state index contributed by atoms with van der Waals surface area (Å²) in [6.45, 7) is 4.14. The van der Waals surface area contributed by atoms with Crippen molar-refractivity contribution < 1.29 is 23.1 Å². The minimum absolute atomic E-state index is 0.0348. The van der Waals surface area contributed by atoms with Crippen LogP contribution in [0.2, 0.25) is 5.02 Å². The highest BCUT2D eigenvalue weighted by atomic mass is 35.5. The third kappa shape index (κ3) is 5.67. The quantitative estimate of drug-likeness (QED) is 0.490. The van der Waals surface area contributed by atoms with Gasteiger partial charge in [0, 0.05) is 31.2 Å². The summed E-state index contributed by atoms with van der Waals surface area (Å²) in [6, 6.07) is 6.14. The molecule has 0 aliphatic carbocycles. The van der Waals surface area contributed by atoms with Crippen LogP contribution in [0.4, 0.5) is 8.78 Å². The predicted octanol–water partition coefficient (Wildman–Crippen LogP) is 3.95. The molecule has 0 heterocycles. The molecule has 0 saturated carbocycles. The molecule has 3 N–H and O–H groups in total. The molecule has 0 radical (unpaired) electrons. The summed E-state index contributed by atoms with van der Waals surface area (Å²) < 4.78 is 34.8. The Hall–Kier alpha value is -2.71. The minimum atomic E-state index is -0.727. The molecule has 2 aromatic carbocycles. The largest absolute Gasteiger partial charge is 0.453 e. The van der Waals surface area contributed by atoms with Crippen LogP contribution in [-0.4, -0.2) is 32.0 Å². The lowest BCUT2D eigenvalue weighted by molar-refractivity contribution is -0.109. The normalized spacial score (nSPS) is 12.7. The smallest absolute Gasteiger partial charge is 0.254 e. The van der Waals surface area contributed by atoms with E-state index in [2.05, 4.69) is 16.0 Å². The molecule has 2 rings (SSSR count). The SMILES string of the molecule is CC[C@@H](N[C@@H](C)CNC=O)c1ccc(Cl)c(Oc2ccc(F)c(C(=O)NC)c2)c1F. The number of nitrogens with one attached hydrogen (secondary N) is 3. The van der Waals surface area contributed by atoms with E-state index in [0.717, 1.165) is 6.07 Å². The monoisotopic (exact) mass is 439 g/mol. The second-order valence-electron chi connectivity index (χ2n) is 6.66. The van der Waals surface area contributed by atoms with Gasteiger partial charge in [0.2, 0.25) is 6.41 Å². The highest BCUT2D eigenvalue weighted by molar-refractivity contribution is 6.32. The summed E-state index contributed by atoms with van der Waals surface area (Å²) in [5.41, 5.74) is 0.107. The molecular formula is C21H24ClF2N3O3. The molecule has 30 heavy (non-hydrogen) atoms. The van der Waals surface area contributed by atoms with Crippen molar-refractivity contribution in [2.75, 3.05) is 13.6 Å². The van der Waals surface area contributed by atoms with E-state index >= 15 is 4.39 Å². The molecule has 2 atom stereocenters. The third-order valence-electron chi connectivity index (χ3n) is 4.49. The first-order valence-electron chi connectivity index (χ1n) is 9.42. The Morgan fingerprint density at radius 2 is 2.00 bits per heavy atom. The van der Waals surface area contributed by atoms with Gasteiger partial charge in [0.05, 0.1) is 10.6 Å². The zero-order valence-corrected chi connectivity index (χ0v) is 17.6. The number of amides is 2. The molecule has 2 aromatic rings. The Morgan fingerprint density at radius 3 is 2.63 bits per heavy atom. The van der Waals surface area contributed by atoms with Crippen LogP contribution in [0.1, 0.15) is 42.2 Å². The molecule has 0 bridgehead atoms. The molecule has 0 aromatic heterocycles. The molecule has 0 spiro atoms. The average Bonchev–Trinajstić information content (AvgIpc) is 2.74. The van der Waals surface area contributed by atoms with Crippen molar-refractivity contribution in [3.63, 3.8) is 0 Å². The van der Waals surface area contributed by atoms with E-state index in [4.69, 9.17) is 16.3 Å². The lowest BCUT2D eigenvalue weighted by atomic mass is 10.0. The van der Waals surface area contributed by atoms with Crippen molar-refractivity contribution in [3.8, 4) is 11.5 Å². The van der Waals surface area contributed by atoms with Gasteiger partial charge in [-0.3, -0.25) is 9.59 Å². The number of halogens is 3. The Bertz CT molecular complexity index is 911. The zero-order valence-electron chi connectivity index (χ0n) is 16.9. The van der Waals surface area contributed by atoms with Crippen LogP contribution in [0, 0.1) is 11.6 Å². The van der Waals surface area contributed by atoms with Gasteiger partial charge in [-0.25, -0.2) is 8.78 Å². The number of carbonyl (C=O) groups excluding carboxylic acids is 2. The topological polar surface area (TPSA) is 79.5 Å². The van der Waals surface area contributed by atoms with Gasteiger partial charge in [-0.2, -0.15) is 0 Å². The second-order valence-corrected chi connectivity index (χ2v) is 7.06. The van der Waals surface area contributed by atoms with Crippen LogP contribution in [0.15, 0.2) is 30.3 Å². The van der Waals surface area contributed by atoms with E-state index in [0.29, 0.717) is 24.9 Å².